The largest absolute Gasteiger partial charge is 0.328 e. The Hall–Kier alpha value is -0.380. The van der Waals surface area contributed by atoms with Crippen molar-refractivity contribution in [2.24, 2.45) is 5.73 Å². The smallest absolute Gasteiger partial charge is 0.0648 e. The monoisotopic (exact) mass is 224 g/mol. The predicted molar refractivity (Wildman–Crippen MR) is 66.1 cm³/mol. The number of nitrogens with two attached hydrogens (primary N) is 1. The Morgan fingerprint density at radius 3 is 2.67 bits per heavy atom. The number of hydrogen-bond donors (Lipinski definition) is 1. The van der Waals surface area contributed by atoms with Crippen LogP contribution in [0.2, 0.25) is 0 Å². The molecule has 2 heterocycles. The Bertz CT molecular complexity index is 291. The van der Waals surface area contributed by atoms with Crippen LogP contribution >= 0.6 is 11.3 Å². The first-order chi connectivity index (χ1) is 7.27. The van der Waals surface area contributed by atoms with Gasteiger partial charge in [0.15, 0.2) is 0 Å². The van der Waals surface area contributed by atoms with Crippen molar-refractivity contribution >= 4 is 11.3 Å². The van der Waals surface area contributed by atoms with Gasteiger partial charge < -0.3 is 5.73 Å². The summed E-state index contributed by atoms with van der Waals surface area (Å²) in [7, 11) is 0. The first kappa shape index (κ1) is 11.1. The summed E-state index contributed by atoms with van der Waals surface area (Å²) in [6.45, 7) is 5.40. The van der Waals surface area contributed by atoms with Crippen LogP contribution in [0.1, 0.15) is 31.1 Å². The first-order valence-electron chi connectivity index (χ1n) is 5.76. The van der Waals surface area contributed by atoms with Crippen LogP contribution in [0.15, 0.2) is 17.5 Å². The molecule has 1 aliphatic rings. The van der Waals surface area contributed by atoms with Crippen molar-refractivity contribution < 1.29 is 0 Å². The Morgan fingerprint density at radius 2 is 2.13 bits per heavy atom. The van der Waals surface area contributed by atoms with Crippen molar-refractivity contribution in [3.63, 3.8) is 0 Å². The van der Waals surface area contributed by atoms with Crippen molar-refractivity contribution in [2.75, 3.05) is 19.6 Å². The molecule has 0 unspecified atom stereocenters. The molecule has 1 aliphatic heterocycles. The molecule has 3 heteroatoms. The summed E-state index contributed by atoms with van der Waals surface area (Å²) < 4.78 is 0. The van der Waals surface area contributed by atoms with E-state index in [1.165, 1.54) is 37.2 Å². The lowest BCUT2D eigenvalue weighted by atomic mass is 9.94. The molecule has 1 saturated heterocycles. The van der Waals surface area contributed by atoms with Gasteiger partial charge in [-0.1, -0.05) is 12.5 Å². The van der Waals surface area contributed by atoms with Crippen LogP contribution in [0.3, 0.4) is 0 Å². The molecule has 84 valence electrons. The molecule has 1 fully saturated rings. The molecule has 2 N–H and O–H groups in total. The van der Waals surface area contributed by atoms with Crippen LogP contribution in [0.25, 0.3) is 0 Å². The molecule has 2 nitrogen and oxygen atoms in total. The Kier molecular flexibility index (Phi) is 3.44. The lowest BCUT2D eigenvalue weighted by Gasteiger charge is -2.42. The number of likely N-dealkylation sites (tertiary alicyclic amines) is 1. The van der Waals surface area contributed by atoms with Crippen LogP contribution in [-0.2, 0) is 5.54 Å². The molecule has 1 aromatic heterocycles. The molecule has 0 amide bonds. The molecule has 15 heavy (non-hydrogen) atoms. The minimum atomic E-state index is 0.0641. The van der Waals surface area contributed by atoms with E-state index in [2.05, 4.69) is 29.3 Å². The van der Waals surface area contributed by atoms with Gasteiger partial charge in [0.2, 0.25) is 0 Å². The van der Waals surface area contributed by atoms with Crippen molar-refractivity contribution in [3.8, 4) is 0 Å². The quantitative estimate of drug-likeness (QED) is 0.854. The van der Waals surface area contributed by atoms with Crippen LogP contribution in [0, 0.1) is 0 Å². The fraction of sp³-hybridized carbons (Fsp3) is 0.667. The predicted octanol–water partition coefficient (Wildman–Crippen LogP) is 2.41. The molecule has 2 rings (SSSR count). The van der Waals surface area contributed by atoms with Gasteiger partial charge in [-0.25, -0.2) is 0 Å². The summed E-state index contributed by atoms with van der Waals surface area (Å²) >= 11 is 1.83. The molecule has 0 saturated carbocycles. The lowest BCUT2D eigenvalue weighted by molar-refractivity contribution is 0.0884. The van der Waals surface area contributed by atoms with E-state index in [0.29, 0.717) is 6.54 Å². The summed E-state index contributed by atoms with van der Waals surface area (Å²) in [5, 5.41) is 2.15. The van der Waals surface area contributed by atoms with Gasteiger partial charge in [-0.15, -0.1) is 11.3 Å². The number of thiophene rings is 1. The zero-order valence-electron chi connectivity index (χ0n) is 9.41. The number of hydrogen-bond acceptors (Lipinski definition) is 3. The number of nitrogens with zero attached hydrogens (tertiary/aromatic N) is 1. The molecule has 0 aromatic carbocycles. The van der Waals surface area contributed by atoms with E-state index in [1.54, 1.807) is 0 Å². The standard InChI is InChI=1S/C12H20N2S/c1-12(10-13,11-6-5-9-15-11)14-7-3-2-4-8-14/h5-6,9H,2-4,7-8,10,13H2,1H3/t12-/m0/s1. The van der Waals surface area contributed by atoms with E-state index in [1.807, 2.05) is 11.3 Å². The van der Waals surface area contributed by atoms with Gasteiger partial charge in [0.25, 0.3) is 0 Å². The van der Waals surface area contributed by atoms with E-state index in [-0.39, 0.29) is 5.54 Å². The summed E-state index contributed by atoms with van der Waals surface area (Å²) in [6.07, 6.45) is 4.02. The molecule has 0 radical (unpaired) electrons. The highest BCUT2D eigenvalue weighted by molar-refractivity contribution is 7.10. The van der Waals surface area contributed by atoms with E-state index < -0.39 is 0 Å². The summed E-state index contributed by atoms with van der Waals surface area (Å²) in [5.74, 6) is 0. The highest BCUT2D eigenvalue weighted by Gasteiger charge is 2.33. The van der Waals surface area contributed by atoms with Gasteiger partial charge >= 0.3 is 0 Å². The van der Waals surface area contributed by atoms with E-state index in [0.717, 1.165) is 0 Å². The summed E-state index contributed by atoms with van der Waals surface area (Å²) in [6, 6.07) is 4.34. The van der Waals surface area contributed by atoms with Crippen molar-refractivity contribution in [1.82, 2.24) is 4.90 Å². The van der Waals surface area contributed by atoms with Gasteiger partial charge in [-0.2, -0.15) is 0 Å². The fourth-order valence-electron chi connectivity index (χ4n) is 2.36. The molecular weight excluding hydrogens is 204 g/mol. The third-order valence-electron chi connectivity index (χ3n) is 3.50. The number of rotatable bonds is 3. The normalized spacial score (nSPS) is 22.5. The zero-order chi connectivity index (χ0) is 10.7. The van der Waals surface area contributed by atoms with Crippen LogP contribution in [0.4, 0.5) is 0 Å². The second-order valence-electron chi connectivity index (χ2n) is 4.50. The highest BCUT2D eigenvalue weighted by atomic mass is 32.1. The topological polar surface area (TPSA) is 29.3 Å². The van der Waals surface area contributed by atoms with Gasteiger partial charge in [0, 0.05) is 11.4 Å². The van der Waals surface area contributed by atoms with Gasteiger partial charge in [-0.3, -0.25) is 4.90 Å². The second kappa shape index (κ2) is 4.64. The fourth-order valence-corrected chi connectivity index (χ4v) is 3.29. The Labute approximate surface area is 96.1 Å². The highest BCUT2D eigenvalue weighted by Crippen LogP contribution is 2.32. The molecule has 0 spiro atoms. The van der Waals surface area contributed by atoms with E-state index in [9.17, 15) is 0 Å². The van der Waals surface area contributed by atoms with Crippen LogP contribution < -0.4 is 5.73 Å². The van der Waals surface area contributed by atoms with Crippen molar-refractivity contribution in [3.05, 3.63) is 22.4 Å². The summed E-state index contributed by atoms with van der Waals surface area (Å²) in [4.78, 5) is 3.97. The zero-order valence-corrected chi connectivity index (χ0v) is 10.2. The maximum atomic E-state index is 5.99. The molecule has 1 aromatic rings. The maximum absolute atomic E-state index is 5.99. The van der Waals surface area contributed by atoms with Crippen molar-refractivity contribution in [1.29, 1.82) is 0 Å². The third-order valence-corrected chi connectivity index (χ3v) is 4.63. The maximum Gasteiger partial charge on any atom is 0.0648 e. The van der Waals surface area contributed by atoms with Crippen LogP contribution in [-0.4, -0.2) is 24.5 Å². The van der Waals surface area contributed by atoms with Gasteiger partial charge in [-0.05, 0) is 44.3 Å². The SMILES string of the molecule is C[C@](CN)(c1cccs1)N1CCCCC1. The minimum Gasteiger partial charge on any atom is -0.328 e. The van der Waals surface area contributed by atoms with Crippen molar-refractivity contribution in [2.45, 2.75) is 31.7 Å². The Balaban J connectivity index is 2.20. The first-order valence-corrected chi connectivity index (χ1v) is 6.64. The lowest BCUT2D eigenvalue weighted by Crippen LogP contribution is -2.50. The van der Waals surface area contributed by atoms with Gasteiger partial charge in [0.05, 0.1) is 5.54 Å². The van der Waals surface area contributed by atoms with Crippen LogP contribution in [0.5, 0.6) is 0 Å². The summed E-state index contributed by atoms with van der Waals surface area (Å²) in [5.41, 5.74) is 6.06. The number of piperidine rings is 1. The van der Waals surface area contributed by atoms with E-state index >= 15 is 0 Å². The second-order valence-corrected chi connectivity index (χ2v) is 5.45. The average Bonchev–Trinajstić information content (AvgIpc) is 2.83. The molecule has 0 bridgehead atoms. The Morgan fingerprint density at radius 1 is 1.40 bits per heavy atom. The van der Waals surface area contributed by atoms with E-state index in [4.69, 9.17) is 5.73 Å². The van der Waals surface area contributed by atoms with Gasteiger partial charge in [0.1, 0.15) is 0 Å². The third kappa shape index (κ3) is 2.10. The molecular formula is C12H20N2S. The average molecular weight is 224 g/mol. The minimum absolute atomic E-state index is 0.0641. The molecule has 0 aliphatic carbocycles. The molecule has 1 atom stereocenters.